The van der Waals surface area contributed by atoms with E-state index in [0.29, 0.717) is 0 Å². The predicted molar refractivity (Wildman–Crippen MR) is 119 cm³/mol. The van der Waals surface area contributed by atoms with Crippen LogP contribution in [-0.4, -0.2) is 0 Å². The van der Waals surface area contributed by atoms with Crippen molar-refractivity contribution in [2.45, 2.75) is 12.3 Å². The molecule has 0 nitrogen and oxygen atoms in total. The van der Waals surface area contributed by atoms with E-state index in [-0.39, 0.29) is 7.92 Å². The fourth-order valence-corrected chi connectivity index (χ4v) is 5.85. The number of rotatable bonds is 6. The summed E-state index contributed by atoms with van der Waals surface area (Å²) in [5, 5.41) is 1.47. The number of hydrogen-bond donors (Lipinski definition) is 0. The van der Waals surface area contributed by atoms with Crippen LogP contribution in [-0.2, 0) is 12.3 Å². The van der Waals surface area contributed by atoms with Gasteiger partial charge in [0.15, 0.2) is 0 Å². The highest BCUT2D eigenvalue weighted by molar-refractivity contribution is 7.64. The van der Waals surface area contributed by atoms with Crippen LogP contribution in [0, 0.1) is 0 Å². The van der Waals surface area contributed by atoms with Crippen molar-refractivity contribution in [3.05, 3.63) is 126 Å². The fourth-order valence-electron chi connectivity index (χ4n) is 3.44. The minimum Gasteiger partial charge on any atom is -0.0663 e. The second-order valence-corrected chi connectivity index (χ2v) is 8.93. The van der Waals surface area contributed by atoms with E-state index in [0.717, 1.165) is 12.3 Å². The first kappa shape index (κ1) is 17.7. The molecule has 1 unspecified atom stereocenters. The van der Waals surface area contributed by atoms with E-state index in [4.69, 9.17) is 0 Å². The summed E-state index contributed by atoms with van der Waals surface area (Å²) in [4.78, 5) is 0. The minimum atomic E-state index is -0.315. The summed E-state index contributed by atoms with van der Waals surface area (Å²) < 4.78 is 0. The summed E-state index contributed by atoms with van der Waals surface area (Å²) in [6, 6.07) is 41.5. The quantitative estimate of drug-likeness (QED) is 0.327. The summed E-state index contributed by atoms with van der Waals surface area (Å²) >= 11 is 0. The molecule has 0 aliphatic carbocycles. The highest BCUT2D eigenvalue weighted by Crippen LogP contribution is 2.44. The molecule has 0 saturated carbocycles. The lowest BCUT2D eigenvalue weighted by molar-refractivity contribution is 1.33. The molecule has 1 heteroatoms. The first-order valence-corrected chi connectivity index (χ1v) is 11.1. The van der Waals surface area contributed by atoms with E-state index in [2.05, 4.69) is 115 Å². The zero-order valence-electron chi connectivity index (χ0n) is 15.3. The highest BCUT2D eigenvalue weighted by Gasteiger charge is 2.15. The summed E-state index contributed by atoms with van der Waals surface area (Å²) in [6.07, 6.45) is 2.21. The molecule has 0 saturated heterocycles. The Morgan fingerprint density at radius 3 is 1.74 bits per heavy atom. The highest BCUT2D eigenvalue weighted by atomic mass is 31.1. The maximum absolute atomic E-state index is 2.30. The van der Waals surface area contributed by atoms with Crippen LogP contribution in [0.15, 0.2) is 115 Å². The molecular weight excluding hydrogens is 343 g/mol. The van der Waals surface area contributed by atoms with E-state index < -0.39 is 0 Å². The van der Waals surface area contributed by atoms with Crippen LogP contribution in [0.25, 0.3) is 11.1 Å². The van der Waals surface area contributed by atoms with Crippen LogP contribution in [0.4, 0.5) is 0 Å². The van der Waals surface area contributed by atoms with Crippen molar-refractivity contribution in [3.8, 4) is 11.1 Å². The van der Waals surface area contributed by atoms with Crippen LogP contribution in [0.5, 0.6) is 0 Å². The molecular formula is C26H23P. The van der Waals surface area contributed by atoms with Gasteiger partial charge in [-0.3, -0.25) is 0 Å². The zero-order chi connectivity index (χ0) is 18.3. The predicted octanol–water partition coefficient (Wildman–Crippen LogP) is 6.86. The SMILES string of the molecule is c1ccc(CP(Cc2ccccc2-c2ccccc2)c2ccccc2)cc1. The van der Waals surface area contributed by atoms with E-state index in [1.165, 1.54) is 27.6 Å². The Labute approximate surface area is 163 Å². The largest absolute Gasteiger partial charge is 0.0663 e. The van der Waals surface area contributed by atoms with Crippen molar-refractivity contribution in [3.63, 3.8) is 0 Å². The standard InChI is InChI=1S/C26H23P/c1-4-12-22(13-5-1)20-27(25-17-8-3-9-18-25)21-24-16-10-11-19-26(24)23-14-6-2-7-15-23/h1-19H,20-21H2. The van der Waals surface area contributed by atoms with E-state index in [1.54, 1.807) is 0 Å². The summed E-state index contributed by atoms with van der Waals surface area (Å²) in [7, 11) is -0.315. The first-order chi connectivity index (χ1) is 13.4. The van der Waals surface area contributed by atoms with Crippen LogP contribution in [0.3, 0.4) is 0 Å². The van der Waals surface area contributed by atoms with Crippen molar-refractivity contribution >= 4 is 13.2 Å². The molecule has 132 valence electrons. The fraction of sp³-hybridized carbons (Fsp3) is 0.0769. The third-order valence-electron chi connectivity index (χ3n) is 4.80. The van der Waals surface area contributed by atoms with E-state index in [9.17, 15) is 0 Å². The van der Waals surface area contributed by atoms with Gasteiger partial charge in [-0.2, -0.15) is 0 Å². The van der Waals surface area contributed by atoms with Crippen LogP contribution in [0.1, 0.15) is 11.1 Å². The molecule has 0 N–H and O–H groups in total. The van der Waals surface area contributed by atoms with Gasteiger partial charge in [-0.25, -0.2) is 0 Å². The van der Waals surface area contributed by atoms with E-state index >= 15 is 0 Å². The van der Waals surface area contributed by atoms with Crippen LogP contribution in [0.2, 0.25) is 0 Å². The Hall–Kier alpha value is -2.69. The van der Waals surface area contributed by atoms with Gasteiger partial charge >= 0.3 is 0 Å². The third kappa shape index (κ3) is 4.54. The van der Waals surface area contributed by atoms with E-state index in [1.807, 2.05) is 0 Å². The molecule has 0 radical (unpaired) electrons. The molecule has 0 amide bonds. The molecule has 0 heterocycles. The van der Waals surface area contributed by atoms with Gasteiger partial charge in [-0.05, 0) is 39.9 Å². The Balaban J connectivity index is 1.68. The van der Waals surface area contributed by atoms with Crippen molar-refractivity contribution in [1.29, 1.82) is 0 Å². The summed E-state index contributed by atoms with van der Waals surface area (Å²) in [5.74, 6) is 0. The topological polar surface area (TPSA) is 0 Å². The molecule has 0 spiro atoms. The average molecular weight is 366 g/mol. The van der Waals surface area contributed by atoms with Gasteiger partial charge in [0, 0.05) is 0 Å². The molecule has 4 aromatic rings. The van der Waals surface area contributed by atoms with Gasteiger partial charge in [0.2, 0.25) is 0 Å². The lowest BCUT2D eigenvalue weighted by atomic mass is 10.0. The van der Waals surface area contributed by atoms with Crippen molar-refractivity contribution < 1.29 is 0 Å². The molecule has 0 fully saturated rings. The number of hydrogen-bond acceptors (Lipinski definition) is 0. The average Bonchev–Trinajstić information content (AvgIpc) is 2.76. The maximum Gasteiger partial charge on any atom is -0.00236 e. The molecule has 0 bridgehead atoms. The number of benzene rings is 4. The van der Waals surface area contributed by atoms with Crippen molar-refractivity contribution in [1.82, 2.24) is 0 Å². The molecule has 0 aromatic heterocycles. The van der Waals surface area contributed by atoms with Gasteiger partial charge in [-0.1, -0.05) is 123 Å². The molecule has 4 rings (SSSR count). The smallest absolute Gasteiger partial charge is 0.00236 e. The molecule has 1 atom stereocenters. The Kier molecular flexibility index (Phi) is 5.77. The van der Waals surface area contributed by atoms with Crippen LogP contribution < -0.4 is 5.30 Å². The second-order valence-electron chi connectivity index (χ2n) is 6.70. The Morgan fingerprint density at radius 2 is 1.04 bits per heavy atom. The monoisotopic (exact) mass is 366 g/mol. The van der Waals surface area contributed by atoms with Crippen molar-refractivity contribution in [2.24, 2.45) is 0 Å². The van der Waals surface area contributed by atoms with Gasteiger partial charge in [0.25, 0.3) is 0 Å². The molecule has 4 aromatic carbocycles. The molecule has 27 heavy (non-hydrogen) atoms. The maximum atomic E-state index is 2.30. The van der Waals surface area contributed by atoms with Gasteiger partial charge in [0.05, 0.1) is 0 Å². The third-order valence-corrected chi connectivity index (χ3v) is 7.30. The van der Waals surface area contributed by atoms with Gasteiger partial charge in [0.1, 0.15) is 0 Å². The van der Waals surface area contributed by atoms with Gasteiger partial charge in [-0.15, -0.1) is 0 Å². The van der Waals surface area contributed by atoms with Crippen LogP contribution >= 0.6 is 7.92 Å². The normalized spacial score (nSPS) is 11.9. The lowest BCUT2D eigenvalue weighted by Gasteiger charge is -2.20. The molecule has 0 aliphatic heterocycles. The first-order valence-electron chi connectivity index (χ1n) is 9.37. The summed E-state index contributed by atoms with van der Waals surface area (Å²) in [5.41, 5.74) is 5.52. The zero-order valence-corrected chi connectivity index (χ0v) is 16.2. The second kappa shape index (κ2) is 8.80. The Morgan fingerprint density at radius 1 is 0.481 bits per heavy atom. The van der Waals surface area contributed by atoms with Gasteiger partial charge < -0.3 is 0 Å². The minimum absolute atomic E-state index is 0.315. The Bertz CT molecular complexity index is 962. The molecule has 0 aliphatic rings. The summed E-state index contributed by atoms with van der Waals surface area (Å²) in [6.45, 7) is 0. The lowest BCUT2D eigenvalue weighted by Crippen LogP contribution is -2.05. The van der Waals surface area contributed by atoms with Crippen molar-refractivity contribution in [2.75, 3.05) is 0 Å².